The first kappa shape index (κ1) is 47.1. The minimum Gasteiger partial charge on any atom is -0.492 e. The first-order chi connectivity index (χ1) is 23.4. The van der Waals surface area contributed by atoms with Crippen LogP contribution < -0.4 is 5.73 Å². The van der Waals surface area contributed by atoms with Crippen LogP contribution in [0.4, 0.5) is 0 Å². The van der Waals surface area contributed by atoms with Gasteiger partial charge in [-0.25, -0.2) is 4.57 Å². The van der Waals surface area contributed by atoms with Crippen molar-refractivity contribution in [1.29, 1.82) is 0 Å². The summed E-state index contributed by atoms with van der Waals surface area (Å²) in [6.45, 7) is 4.24. The van der Waals surface area contributed by atoms with Crippen molar-refractivity contribution in [3.8, 4) is 0 Å². The van der Waals surface area contributed by atoms with Gasteiger partial charge >= 0.3 is 13.8 Å². The van der Waals surface area contributed by atoms with E-state index in [2.05, 4.69) is 13.8 Å². The van der Waals surface area contributed by atoms with Crippen LogP contribution in [0.1, 0.15) is 200 Å². The molecule has 0 aliphatic heterocycles. The summed E-state index contributed by atoms with van der Waals surface area (Å²) in [4.78, 5) is 22.2. The van der Waals surface area contributed by atoms with Gasteiger partial charge in [0.05, 0.1) is 19.5 Å². The monoisotopic (exact) mass is 704 g/mol. The van der Waals surface area contributed by atoms with Crippen LogP contribution in [-0.4, -0.2) is 43.3 Å². The Bertz CT molecular complexity index is 752. The first-order valence-electron chi connectivity index (χ1n) is 20.2. The lowest BCUT2D eigenvalue weighted by molar-refractivity contribution is -0.147. The van der Waals surface area contributed by atoms with Crippen LogP contribution in [0, 0.1) is 0 Å². The Morgan fingerprint density at radius 2 is 1.04 bits per heavy atom. The van der Waals surface area contributed by atoms with Crippen LogP contribution in [0.5, 0.6) is 0 Å². The molecule has 0 heterocycles. The molecule has 0 spiro atoms. The zero-order valence-corrected chi connectivity index (χ0v) is 32.4. The summed E-state index contributed by atoms with van der Waals surface area (Å²) < 4.78 is 33.1. The number of carbonyl (C=O) groups excluding carboxylic acids is 1. The average molecular weight is 704 g/mol. The zero-order chi connectivity index (χ0) is 35.2. The van der Waals surface area contributed by atoms with E-state index in [0.717, 1.165) is 32.1 Å². The maximum absolute atomic E-state index is 12.3. The number of esters is 1. The summed E-state index contributed by atoms with van der Waals surface area (Å²) in [6, 6.07) is 0. The van der Waals surface area contributed by atoms with Crippen molar-refractivity contribution in [2.75, 3.05) is 26.4 Å². The number of nitrogens with two attached hydrogens (primary N) is 1. The fourth-order valence-electron chi connectivity index (χ4n) is 5.75. The Hall–Kier alpha value is -0.920. The first-order valence-corrected chi connectivity index (χ1v) is 21.7. The second kappa shape index (κ2) is 37.3. The number of phosphoric acid groups is 1. The molecule has 0 radical (unpaired) electrons. The van der Waals surface area contributed by atoms with Gasteiger partial charge in [-0.15, -0.1) is 0 Å². The molecule has 0 amide bonds. The van der Waals surface area contributed by atoms with Gasteiger partial charge in [-0.05, 0) is 25.3 Å². The third-order valence-corrected chi connectivity index (χ3v) is 9.79. The minimum atomic E-state index is -4.26. The highest BCUT2D eigenvalue weighted by molar-refractivity contribution is 7.47. The second-order valence-corrected chi connectivity index (χ2v) is 15.0. The maximum Gasteiger partial charge on any atom is 0.472 e. The molecule has 286 valence electrons. The van der Waals surface area contributed by atoms with Crippen LogP contribution in [0.2, 0.25) is 0 Å². The highest BCUT2D eigenvalue weighted by Crippen LogP contribution is 2.43. The lowest BCUT2D eigenvalue weighted by atomic mass is 10.0. The topological polar surface area (TPSA) is 117 Å². The van der Waals surface area contributed by atoms with E-state index < -0.39 is 13.9 Å². The van der Waals surface area contributed by atoms with Gasteiger partial charge in [-0.1, -0.05) is 174 Å². The Kier molecular flexibility index (Phi) is 36.6. The number of rotatable bonds is 39. The van der Waals surface area contributed by atoms with Gasteiger partial charge in [0.15, 0.2) is 6.10 Å². The normalized spacial score (nSPS) is 13.6. The van der Waals surface area contributed by atoms with E-state index in [1.807, 2.05) is 6.08 Å². The van der Waals surface area contributed by atoms with E-state index in [1.165, 1.54) is 148 Å². The molecule has 0 aromatic heterocycles. The predicted molar refractivity (Wildman–Crippen MR) is 201 cm³/mol. The van der Waals surface area contributed by atoms with Crippen LogP contribution in [-0.2, 0) is 27.9 Å². The molecule has 3 N–H and O–H groups in total. The quantitative estimate of drug-likeness (QED) is 0.0281. The molecule has 0 aliphatic rings. The van der Waals surface area contributed by atoms with Crippen molar-refractivity contribution in [1.82, 2.24) is 0 Å². The van der Waals surface area contributed by atoms with E-state index in [0.29, 0.717) is 6.42 Å². The number of allylic oxidation sites excluding steroid dienone is 1. The van der Waals surface area contributed by atoms with Crippen molar-refractivity contribution < 1.29 is 32.8 Å². The van der Waals surface area contributed by atoms with E-state index in [4.69, 9.17) is 24.3 Å². The van der Waals surface area contributed by atoms with E-state index in [-0.39, 0.29) is 32.3 Å². The van der Waals surface area contributed by atoms with E-state index in [1.54, 1.807) is 6.26 Å². The van der Waals surface area contributed by atoms with E-state index >= 15 is 0 Å². The molecular weight excluding hydrogens is 625 g/mol. The number of ether oxygens (including phenoxy) is 2. The summed E-state index contributed by atoms with van der Waals surface area (Å²) in [6.07, 6.45) is 38.9. The smallest absolute Gasteiger partial charge is 0.472 e. The average Bonchev–Trinajstić information content (AvgIpc) is 3.08. The Balaban J connectivity index is 4.08. The molecule has 0 aliphatic carbocycles. The number of carbonyl (C=O) groups is 1. The van der Waals surface area contributed by atoms with Crippen LogP contribution in [0.15, 0.2) is 12.3 Å². The Labute approximate surface area is 296 Å². The lowest BCUT2D eigenvalue weighted by Crippen LogP contribution is -2.25. The van der Waals surface area contributed by atoms with Crippen molar-refractivity contribution in [3.05, 3.63) is 12.3 Å². The summed E-state index contributed by atoms with van der Waals surface area (Å²) in [5.74, 6) is -0.287. The van der Waals surface area contributed by atoms with Gasteiger partial charge in [0.25, 0.3) is 0 Å². The third-order valence-electron chi connectivity index (χ3n) is 8.80. The van der Waals surface area contributed by atoms with Crippen LogP contribution >= 0.6 is 7.82 Å². The molecule has 1 unspecified atom stereocenters. The lowest BCUT2D eigenvalue weighted by Gasteiger charge is -2.19. The predicted octanol–water partition coefficient (Wildman–Crippen LogP) is 11.9. The highest BCUT2D eigenvalue weighted by Gasteiger charge is 2.24. The zero-order valence-electron chi connectivity index (χ0n) is 31.5. The molecule has 8 nitrogen and oxygen atoms in total. The Morgan fingerprint density at radius 1 is 0.625 bits per heavy atom. The SMILES string of the molecule is CCCCCCCCCCCCCCCC/C=C\O[C@H](COC(=O)CCCCCCCCCCCCCCC)COP(=O)(O)OCCN. The largest absolute Gasteiger partial charge is 0.492 e. The maximum atomic E-state index is 12.3. The third kappa shape index (κ3) is 36.4. The van der Waals surface area contributed by atoms with Crippen LogP contribution in [0.3, 0.4) is 0 Å². The van der Waals surface area contributed by atoms with Gasteiger partial charge in [0.1, 0.15) is 6.61 Å². The second-order valence-electron chi connectivity index (χ2n) is 13.6. The number of hydrogen-bond acceptors (Lipinski definition) is 7. The minimum absolute atomic E-state index is 0.0582. The van der Waals surface area contributed by atoms with Gasteiger partial charge in [-0.2, -0.15) is 0 Å². The molecule has 48 heavy (non-hydrogen) atoms. The summed E-state index contributed by atoms with van der Waals surface area (Å²) in [5.41, 5.74) is 5.35. The summed E-state index contributed by atoms with van der Waals surface area (Å²) >= 11 is 0. The fraction of sp³-hybridized carbons (Fsp3) is 0.923. The summed E-state index contributed by atoms with van der Waals surface area (Å²) in [5, 5.41) is 0. The molecule has 0 rings (SSSR count). The molecular formula is C39H78NO7P. The van der Waals surface area contributed by atoms with Gasteiger partial charge < -0.3 is 20.1 Å². The number of unbranched alkanes of at least 4 members (excludes halogenated alkanes) is 26. The number of hydrogen-bond donors (Lipinski definition) is 2. The van der Waals surface area contributed by atoms with E-state index in [9.17, 15) is 14.3 Å². The standard InChI is InChI=1S/C39H78NO7P/c1-3-5-7-9-11-13-15-17-18-19-21-23-25-27-29-31-34-44-38(37-47-48(42,43)46-35-33-40)36-45-39(41)32-30-28-26-24-22-20-16-14-12-10-8-6-4-2/h31,34,38H,3-30,32-33,35-37,40H2,1-2H3,(H,42,43)/b34-31-/t38-/m1/s1. The van der Waals surface area contributed by atoms with Crippen molar-refractivity contribution >= 4 is 13.8 Å². The van der Waals surface area contributed by atoms with Crippen molar-refractivity contribution in [3.63, 3.8) is 0 Å². The molecule has 9 heteroatoms. The van der Waals surface area contributed by atoms with Gasteiger partial charge in [-0.3, -0.25) is 13.8 Å². The molecule has 0 aromatic rings. The van der Waals surface area contributed by atoms with Gasteiger partial charge in [0.2, 0.25) is 0 Å². The molecule has 0 aromatic carbocycles. The van der Waals surface area contributed by atoms with Crippen molar-refractivity contribution in [2.45, 2.75) is 206 Å². The fourth-order valence-corrected chi connectivity index (χ4v) is 6.51. The molecule has 0 saturated carbocycles. The molecule has 0 fully saturated rings. The molecule has 2 atom stereocenters. The Morgan fingerprint density at radius 3 is 1.48 bits per heavy atom. The van der Waals surface area contributed by atoms with Gasteiger partial charge in [0, 0.05) is 13.0 Å². The highest BCUT2D eigenvalue weighted by atomic mass is 31.2. The number of phosphoric ester groups is 1. The van der Waals surface area contributed by atoms with Crippen molar-refractivity contribution in [2.24, 2.45) is 5.73 Å². The molecule has 0 bridgehead atoms. The van der Waals surface area contributed by atoms with Crippen LogP contribution in [0.25, 0.3) is 0 Å². The summed E-state index contributed by atoms with van der Waals surface area (Å²) in [7, 11) is -4.26. The molecule has 0 saturated heterocycles.